The van der Waals surface area contributed by atoms with Crippen molar-refractivity contribution in [2.24, 2.45) is 0 Å². The number of hydrogen-bond acceptors (Lipinski definition) is 2. The lowest BCUT2D eigenvalue weighted by Crippen LogP contribution is -1.93. The Bertz CT molecular complexity index is 471. The first-order chi connectivity index (χ1) is 7.85. The van der Waals surface area contributed by atoms with E-state index in [-0.39, 0.29) is 0 Å². The SMILES string of the molecule is COc1cnc(-c2ccccc2)c(CCl)c1. The molecule has 0 saturated carbocycles. The zero-order chi connectivity index (χ0) is 11.4. The van der Waals surface area contributed by atoms with E-state index in [0.29, 0.717) is 5.88 Å². The van der Waals surface area contributed by atoms with Crippen molar-refractivity contribution in [3.63, 3.8) is 0 Å². The molecule has 2 nitrogen and oxygen atoms in total. The first-order valence-electron chi connectivity index (χ1n) is 4.99. The molecule has 0 N–H and O–H groups in total. The Labute approximate surface area is 99.9 Å². The summed E-state index contributed by atoms with van der Waals surface area (Å²) in [5, 5.41) is 0. The number of hydrogen-bond donors (Lipinski definition) is 0. The van der Waals surface area contributed by atoms with Crippen molar-refractivity contribution in [2.75, 3.05) is 7.11 Å². The van der Waals surface area contributed by atoms with Gasteiger partial charge in [0.25, 0.3) is 0 Å². The van der Waals surface area contributed by atoms with Gasteiger partial charge in [0.1, 0.15) is 5.75 Å². The molecule has 0 aliphatic rings. The van der Waals surface area contributed by atoms with Crippen LogP contribution < -0.4 is 4.74 Å². The minimum absolute atomic E-state index is 0.425. The fraction of sp³-hybridized carbons (Fsp3) is 0.154. The molecule has 0 atom stereocenters. The van der Waals surface area contributed by atoms with Crippen LogP contribution in [0.5, 0.6) is 5.75 Å². The number of alkyl halides is 1. The van der Waals surface area contributed by atoms with E-state index in [0.717, 1.165) is 22.6 Å². The number of aromatic nitrogens is 1. The van der Waals surface area contributed by atoms with Crippen LogP contribution in [0.2, 0.25) is 0 Å². The van der Waals surface area contributed by atoms with Gasteiger partial charge in [0.05, 0.1) is 19.0 Å². The Morgan fingerprint density at radius 2 is 2.00 bits per heavy atom. The van der Waals surface area contributed by atoms with Crippen LogP contribution in [0.4, 0.5) is 0 Å². The fourth-order valence-electron chi connectivity index (χ4n) is 1.56. The maximum Gasteiger partial charge on any atom is 0.137 e. The highest BCUT2D eigenvalue weighted by molar-refractivity contribution is 6.17. The Morgan fingerprint density at radius 3 is 2.62 bits per heavy atom. The fourth-order valence-corrected chi connectivity index (χ4v) is 1.76. The minimum Gasteiger partial charge on any atom is -0.495 e. The van der Waals surface area contributed by atoms with Crippen molar-refractivity contribution in [2.45, 2.75) is 5.88 Å². The summed E-state index contributed by atoms with van der Waals surface area (Å²) < 4.78 is 5.13. The van der Waals surface area contributed by atoms with Gasteiger partial charge in [-0.3, -0.25) is 4.98 Å². The second-order valence-electron chi connectivity index (χ2n) is 3.38. The molecule has 0 aliphatic carbocycles. The molecule has 1 heterocycles. The van der Waals surface area contributed by atoms with Crippen molar-refractivity contribution < 1.29 is 4.74 Å². The van der Waals surface area contributed by atoms with Crippen molar-refractivity contribution in [3.05, 3.63) is 48.2 Å². The van der Waals surface area contributed by atoms with Crippen LogP contribution in [0.25, 0.3) is 11.3 Å². The summed E-state index contributed by atoms with van der Waals surface area (Å²) in [5.74, 6) is 1.16. The van der Waals surface area contributed by atoms with Gasteiger partial charge in [0.2, 0.25) is 0 Å². The number of methoxy groups -OCH3 is 1. The first kappa shape index (κ1) is 11.0. The Hall–Kier alpha value is -1.54. The van der Waals surface area contributed by atoms with Gasteiger partial charge < -0.3 is 4.74 Å². The van der Waals surface area contributed by atoms with Gasteiger partial charge in [-0.15, -0.1) is 11.6 Å². The monoisotopic (exact) mass is 233 g/mol. The van der Waals surface area contributed by atoms with Crippen molar-refractivity contribution in [1.29, 1.82) is 0 Å². The van der Waals surface area contributed by atoms with Crippen LogP contribution in [0.1, 0.15) is 5.56 Å². The molecule has 1 aromatic carbocycles. The molecule has 3 heteroatoms. The zero-order valence-corrected chi connectivity index (χ0v) is 9.74. The number of benzene rings is 1. The highest BCUT2D eigenvalue weighted by Gasteiger charge is 2.07. The third kappa shape index (κ3) is 2.17. The average Bonchev–Trinajstić information content (AvgIpc) is 2.39. The summed E-state index contributed by atoms with van der Waals surface area (Å²) in [6.45, 7) is 0. The van der Waals surface area contributed by atoms with Crippen LogP contribution in [-0.4, -0.2) is 12.1 Å². The molecule has 0 saturated heterocycles. The lowest BCUT2D eigenvalue weighted by Gasteiger charge is -2.08. The summed E-state index contributed by atoms with van der Waals surface area (Å²) in [4.78, 5) is 4.38. The van der Waals surface area contributed by atoms with Gasteiger partial charge in [0, 0.05) is 11.4 Å². The number of pyridine rings is 1. The maximum absolute atomic E-state index is 5.92. The molecular formula is C13H12ClNO. The minimum atomic E-state index is 0.425. The predicted octanol–water partition coefficient (Wildman–Crippen LogP) is 3.50. The van der Waals surface area contributed by atoms with E-state index < -0.39 is 0 Å². The van der Waals surface area contributed by atoms with Crippen LogP contribution in [0, 0.1) is 0 Å². The summed E-state index contributed by atoms with van der Waals surface area (Å²) in [5.41, 5.74) is 2.96. The molecule has 0 amide bonds. The molecule has 16 heavy (non-hydrogen) atoms. The summed E-state index contributed by atoms with van der Waals surface area (Å²) in [6, 6.07) is 11.9. The molecule has 0 aliphatic heterocycles. The van der Waals surface area contributed by atoms with Crippen molar-refractivity contribution in [1.82, 2.24) is 4.98 Å². The van der Waals surface area contributed by atoms with E-state index in [2.05, 4.69) is 4.98 Å². The van der Waals surface area contributed by atoms with Crippen LogP contribution in [0.3, 0.4) is 0 Å². The zero-order valence-electron chi connectivity index (χ0n) is 8.98. The molecule has 1 aromatic heterocycles. The van der Waals surface area contributed by atoms with Crippen LogP contribution in [-0.2, 0) is 5.88 Å². The van der Waals surface area contributed by atoms with E-state index in [1.54, 1.807) is 13.3 Å². The quantitative estimate of drug-likeness (QED) is 0.757. The van der Waals surface area contributed by atoms with Gasteiger partial charge in [-0.25, -0.2) is 0 Å². The van der Waals surface area contributed by atoms with Gasteiger partial charge in [0.15, 0.2) is 0 Å². The molecule has 82 valence electrons. The van der Waals surface area contributed by atoms with Gasteiger partial charge in [-0.2, -0.15) is 0 Å². The molecule has 2 rings (SSSR count). The molecule has 0 radical (unpaired) electrons. The van der Waals surface area contributed by atoms with Crippen molar-refractivity contribution >= 4 is 11.6 Å². The molecule has 2 aromatic rings. The van der Waals surface area contributed by atoms with Gasteiger partial charge >= 0.3 is 0 Å². The normalized spacial score (nSPS) is 10.1. The van der Waals surface area contributed by atoms with E-state index in [1.807, 2.05) is 36.4 Å². The summed E-state index contributed by atoms with van der Waals surface area (Å²) >= 11 is 5.92. The van der Waals surface area contributed by atoms with E-state index in [9.17, 15) is 0 Å². The molecular weight excluding hydrogens is 222 g/mol. The lowest BCUT2D eigenvalue weighted by atomic mass is 10.1. The second kappa shape index (κ2) is 4.99. The standard InChI is InChI=1S/C13H12ClNO/c1-16-12-7-11(8-14)13(15-9-12)10-5-3-2-4-6-10/h2-7,9H,8H2,1H3. The van der Waals surface area contributed by atoms with E-state index in [4.69, 9.17) is 16.3 Å². The van der Waals surface area contributed by atoms with Gasteiger partial charge in [-0.1, -0.05) is 30.3 Å². The molecule has 0 fully saturated rings. The smallest absolute Gasteiger partial charge is 0.137 e. The molecule has 0 bridgehead atoms. The topological polar surface area (TPSA) is 22.1 Å². The summed E-state index contributed by atoms with van der Waals surface area (Å²) in [6.07, 6.45) is 1.71. The number of ether oxygens (including phenoxy) is 1. The van der Waals surface area contributed by atoms with E-state index in [1.165, 1.54) is 0 Å². The highest BCUT2D eigenvalue weighted by atomic mass is 35.5. The first-order valence-corrected chi connectivity index (χ1v) is 5.53. The lowest BCUT2D eigenvalue weighted by molar-refractivity contribution is 0.412. The van der Waals surface area contributed by atoms with Crippen molar-refractivity contribution in [3.8, 4) is 17.0 Å². The Balaban J connectivity index is 2.49. The maximum atomic E-state index is 5.92. The number of nitrogens with zero attached hydrogens (tertiary/aromatic N) is 1. The Morgan fingerprint density at radius 1 is 1.25 bits per heavy atom. The van der Waals surface area contributed by atoms with Crippen LogP contribution in [0.15, 0.2) is 42.6 Å². The third-order valence-corrected chi connectivity index (χ3v) is 2.66. The molecule has 0 unspecified atom stereocenters. The second-order valence-corrected chi connectivity index (χ2v) is 3.65. The predicted molar refractivity (Wildman–Crippen MR) is 65.8 cm³/mol. The number of halogens is 1. The van der Waals surface area contributed by atoms with Crippen LogP contribution >= 0.6 is 11.6 Å². The molecule has 0 spiro atoms. The number of rotatable bonds is 3. The average molecular weight is 234 g/mol. The largest absolute Gasteiger partial charge is 0.495 e. The highest BCUT2D eigenvalue weighted by Crippen LogP contribution is 2.25. The summed E-state index contributed by atoms with van der Waals surface area (Å²) in [7, 11) is 1.62. The van der Waals surface area contributed by atoms with E-state index >= 15 is 0 Å². The third-order valence-electron chi connectivity index (χ3n) is 2.37. The Kier molecular flexibility index (Phi) is 3.42. The van der Waals surface area contributed by atoms with Gasteiger partial charge in [-0.05, 0) is 11.6 Å².